The predicted octanol–water partition coefficient (Wildman–Crippen LogP) is 2.67. The molecular weight excluding hydrogens is 425 g/mol. The molecule has 0 bridgehead atoms. The summed E-state index contributed by atoms with van der Waals surface area (Å²) in [6, 6.07) is 9.10. The topological polar surface area (TPSA) is 92.3 Å². The Labute approximate surface area is 183 Å². The van der Waals surface area contributed by atoms with Crippen molar-refractivity contribution in [3.05, 3.63) is 59.4 Å². The van der Waals surface area contributed by atoms with Crippen molar-refractivity contribution in [1.29, 1.82) is 0 Å². The lowest BCUT2D eigenvalue weighted by Crippen LogP contribution is -2.45. The molecule has 1 aromatic carbocycles. The van der Waals surface area contributed by atoms with Gasteiger partial charge in [0, 0.05) is 12.6 Å². The Morgan fingerprint density at radius 1 is 1.19 bits per heavy atom. The summed E-state index contributed by atoms with van der Waals surface area (Å²) < 4.78 is 44.0. The molecule has 1 saturated heterocycles. The van der Waals surface area contributed by atoms with Gasteiger partial charge in [-0.3, -0.25) is 9.59 Å². The molecule has 0 saturated carbocycles. The van der Waals surface area contributed by atoms with Crippen molar-refractivity contribution >= 4 is 11.8 Å². The van der Waals surface area contributed by atoms with Crippen molar-refractivity contribution in [1.82, 2.24) is 20.9 Å². The van der Waals surface area contributed by atoms with E-state index in [0.29, 0.717) is 12.1 Å². The maximum atomic E-state index is 12.7. The second-order valence-corrected chi connectivity index (χ2v) is 7.75. The van der Waals surface area contributed by atoms with E-state index in [1.807, 2.05) is 12.2 Å². The first-order valence-corrected chi connectivity index (χ1v) is 10.2. The van der Waals surface area contributed by atoms with E-state index in [9.17, 15) is 22.8 Å². The second kappa shape index (κ2) is 9.99. The Hall–Kier alpha value is -3.14. The van der Waals surface area contributed by atoms with Crippen LogP contribution in [0.1, 0.15) is 41.1 Å². The van der Waals surface area contributed by atoms with E-state index >= 15 is 0 Å². The molecule has 3 rings (SSSR count). The van der Waals surface area contributed by atoms with Gasteiger partial charge >= 0.3 is 12.1 Å². The predicted molar refractivity (Wildman–Crippen MR) is 111 cm³/mol. The molecule has 1 fully saturated rings. The van der Waals surface area contributed by atoms with Crippen LogP contribution in [0.15, 0.2) is 42.6 Å². The second-order valence-electron chi connectivity index (χ2n) is 7.75. The first kappa shape index (κ1) is 23.5. The normalized spacial score (nSPS) is 18.0. The standard InChI is InChI=1S/C22H25F3N4O3/c1-13-3-5-15(6-4-13)19(14(2)28-21(31)22(23,24)25)32-17-7-8-18(27-12-17)20(30)29-16-9-10-26-11-16/h3-8,12,14,16,19,26H,9-11H2,1-2H3,(H,28,31)(H,29,30)/t14?,16-,19?/m1/s1. The maximum Gasteiger partial charge on any atom is 0.471 e. The number of ether oxygens (including phenoxy) is 1. The van der Waals surface area contributed by atoms with Crippen LogP contribution in [0, 0.1) is 6.92 Å². The fraction of sp³-hybridized carbons (Fsp3) is 0.409. The summed E-state index contributed by atoms with van der Waals surface area (Å²) in [7, 11) is 0. The Balaban J connectivity index is 1.74. The number of pyridine rings is 1. The van der Waals surface area contributed by atoms with E-state index < -0.39 is 24.2 Å². The molecule has 3 atom stereocenters. The fourth-order valence-electron chi connectivity index (χ4n) is 3.35. The van der Waals surface area contributed by atoms with Crippen molar-refractivity contribution in [2.24, 2.45) is 0 Å². The van der Waals surface area contributed by atoms with Gasteiger partial charge in [0.05, 0.1) is 12.2 Å². The van der Waals surface area contributed by atoms with Crippen molar-refractivity contribution < 1.29 is 27.5 Å². The highest BCUT2D eigenvalue weighted by Crippen LogP contribution is 2.26. The van der Waals surface area contributed by atoms with E-state index in [1.165, 1.54) is 25.3 Å². The van der Waals surface area contributed by atoms with Gasteiger partial charge in [-0.15, -0.1) is 0 Å². The zero-order valence-electron chi connectivity index (χ0n) is 17.7. The van der Waals surface area contributed by atoms with Crippen LogP contribution >= 0.6 is 0 Å². The summed E-state index contributed by atoms with van der Waals surface area (Å²) in [5.74, 6) is -2.11. The molecule has 0 spiro atoms. The molecule has 1 aliphatic rings. The summed E-state index contributed by atoms with van der Waals surface area (Å²) in [5, 5.41) is 7.98. The zero-order chi connectivity index (χ0) is 23.3. The molecule has 2 amide bonds. The van der Waals surface area contributed by atoms with Gasteiger partial charge in [0.15, 0.2) is 0 Å². The van der Waals surface area contributed by atoms with Gasteiger partial charge in [0.1, 0.15) is 17.5 Å². The van der Waals surface area contributed by atoms with Crippen molar-refractivity contribution in [2.45, 2.75) is 44.6 Å². The van der Waals surface area contributed by atoms with E-state index in [1.54, 1.807) is 24.3 Å². The molecule has 1 aromatic heterocycles. The number of carbonyl (C=O) groups is 2. The van der Waals surface area contributed by atoms with Crippen molar-refractivity contribution in [3.63, 3.8) is 0 Å². The maximum absolute atomic E-state index is 12.7. The quantitative estimate of drug-likeness (QED) is 0.603. The summed E-state index contributed by atoms with van der Waals surface area (Å²) in [5.41, 5.74) is 1.75. The molecule has 2 heterocycles. The van der Waals surface area contributed by atoms with Crippen LogP contribution in [0.5, 0.6) is 5.75 Å². The summed E-state index contributed by atoms with van der Waals surface area (Å²) in [6.45, 7) is 4.85. The number of aromatic nitrogens is 1. The average Bonchev–Trinajstić information content (AvgIpc) is 3.25. The van der Waals surface area contributed by atoms with Gasteiger partial charge in [0.2, 0.25) is 0 Å². The number of hydrogen-bond acceptors (Lipinski definition) is 5. The number of amides is 2. The minimum atomic E-state index is -5.00. The number of carbonyl (C=O) groups excluding carboxylic acids is 2. The first-order valence-electron chi connectivity index (χ1n) is 10.2. The lowest BCUT2D eigenvalue weighted by Gasteiger charge is -2.27. The molecule has 10 heteroatoms. The lowest BCUT2D eigenvalue weighted by atomic mass is 10.0. The molecule has 0 aliphatic carbocycles. The van der Waals surface area contributed by atoms with Crippen LogP contribution in [0.4, 0.5) is 13.2 Å². The van der Waals surface area contributed by atoms with Crippen molar-refractivity contribution in [3.8, 4) is 5.75 Å². The highest BCUT2D eigenvalue weighted by molar-refractivity contribution is 5.92. The molecular formula is C22H25F3N4O3. The van der Waals surface area contributed by atoms with E-state index in [2.05, 4.69) is 15.6 Å². The van der Waals surface area contributed by atoms with Gasteiger partial charge in [-0.2, -0.15) is 13.2 Å². The first-order chi connectivity index (χ1) is 15.1. The number of hydrogen-bond donors (Lipinski definition) is 3. The Morgan fingerprint density at radius 3 is 2.47 bits per heavy atom. The summed E-state index contributed by atoms with van der Waals surface area (Å²) in [4.78, 5) is 27.9. The van der Waals surface area contributed by atoms with Crippen LogP contribution in [-0.2, 0) is 4.79 Å². The lowest BCUT2D eigenvalue weighted by molar-refractivity contribution is -0.174. The molecule has 7 nitrogen and oxygen atoms in total. The third-order valence-electron chi connectivity index (χ3n) is 5.10. The highest BCUT2D eigenvalue weighted by atomic mass is 19.4. The number of aryl methyl sites for hydroxylation is 1. The number of nitrogens with zero attached hydrogens (tertiary/aromatic N) is 1. The van der Waals surface area contributed by atoms with E-state index in [-0.39, 0.29) is 23.4 Å². The smallest absolute Gasteiger partial charge is 0.471 e. The number of alkyl halides is 3. The Bertz CT molecular complexity index is 927. The van der Waals surface area contributed by atoms with Gasteiger partial charge < -0.3 is 20.7 Å². The van der Waals surface area contributed by atoms with Crippen LogP contribution in [0.25, 0.3) is 0 Å². The van der Waals surface area contributed by atoms with E-state index in [4.69, 9.17) is 4.74 Å². The monoisotopic (exact) mass is 450 g/mol. The SMILES string of the molecule is Cc1ccc(C(Oc2ccc(C(=O)N[C@@H]3CCNC3)nc2)C(C)NC(=O)C(F)(F)F)cc1. The molecule has 2 unspecified atom stereocenters. The number of nitrogens with one attached hydrogen (secondary N) is 3. The van der Waals surface area contributed by atoms with Gasteiger partial charge in [-0.1, -0.05) is 29.8 Å². The van der Waals surface area contributed by atoms with Gasteiger partial charge in [0.25, 0.3) is 5.91 Å². The van der Waals surface area contributed by atoms with Crippen LogP contribution in [-0.4, -0.2) is 48.1 Å². The third kappa shape index (κ3) is 6.19. The average molecular weight is 450 g/mol. The van der Waals surface area contributed by atoms with E-state index in [0.717, 1.165) is 18.5 Å². The zero-order valence-corrected chi connectivity index (χ0v) is 17.7. The summed E-state index contributed by atoms with van der Waals surface area (Å²) >= 11 is 0. The van der Waals surface area contributed by atoms with Crippen molar-refractivity contribution in [2.75, 3.05) is 13.1 Å². The van der Waals surface area contributed by atoms with Crippen LogP contribution in [0.2, 0.25) is 0 Å². The minimum absolute atomic E-state index is 0.0456. The fourth-order valence-corrected chi connectivity index (χ4v) is 3.35. The molecule has 172 valence electrons. The van der Waals surface area contributed by atoms with Gasteiger partial charge in [-0.05, 0) is 44.5 Å². The van der Waals surface area contributed by atoms with Crippen LogP contribution < -0.4 is 20.7 Å². The Kier molecular flexibility index (Phi) is 7.34. The molecule has 3 N–H and O–H groups in total. The molecule has 2 aromatic rings. The molecule has 0 radical (unpaired) electrons. The van der Waals surface area contributed by atoms with Crippen LogP contribution in [0.3, 0.4) is 0 Å². The molecule has 1 aliphatic heterocycles. The summed E-state index contributed by atoms with van der Waals surface area (Å²) in [6.07, 6.45) is -3.74. The Morgan fingerprint density at radius 2 is 1.91 bits per heavy atom. The number of rotatable bonds is 7. The molecule has 32 heavy (non-hydrogen) atoms. The highest BCUT2D eigenvalue weighted by Gasteiger charge is 2.40. The largest absolute Gasteiger partial charge is 0.482 e. The van der Waals surface area contributed by atoms with Gasteiger partial charge in [-0.25, -0.2) is 4.98 Å². The number of halogens is 3. The number of benzene rings is 1. The minimum Gasteiger partial charge on any atom is -0.482 e. The third-order valence-corrected chi connectivity index (χ3v) is 5.10.